The largest absolute Gasteiger partial charge is 0.376 e. The number of hydrogen-bond donors (Lipinski definition) is 1. The van der Waals surface area contributed by atoms with E-state index in [9.17, 15) is 4.39 Å². The highest BCUT2D eigenvalue weighted by atomic mass is 35.5. The predicted octanol–water partition coefficient (Wildman–Crippen LogP) is 4.75. The zero-order valence-electron chi connectivity index (χ0n) is 11.0. The van der Waals surface area contributed by atoms with E-state index in [1.165, 1.54) is 6.07 Å². The molecule has 0 aliphatic carbocycles. The highest BCUT2D eigenvalue weighted by molar-refractivity contribution is 6.31. The molecule has 1 atom stereocenters. The van der Waals surface area contributed by atoms with Crippen LogP contribution in [-0.2, 0) is 0 Å². The van der Waals surface area contributed by atoms with Gasteiger partial charge in [-0.25, -0.2) is 9.37 Å². The lowest BCUT2D eigenvalue weighted by molar-refractivity contribution is 0.587. The van der Waals surface area contributed by atoms with Gasteiger partial charge in [-0.2, -0.15) is 0 Å². The van der Waals surface area contributed by atoms with E-state index in [4.69, 9.17) is 11.6 Å². The summed E-state index contributed by atoms with van der Waals surface area (Å²) in [6.45, 7) is 3.94. The standard InChI is InChI=1S/C15H16ClFN2/c1-3-13(11-6-4-5-7-12(11)17)19-14-8-10(2)9-18-15(14)16/h4-9,13,19H,3H2,1-2H3. The summed E-state index contributed by atoms with van der Waals surface area (Å²) < 4.78 is 13.8. The number of nitrogens with one attached hydrogen (secondary N) is 1. The molecule has 1 N–H and O–H groups in total. The average molecular weight is 279 g/mol. The van der Waals surface area contributed by atoms with E-state index in [1.807, 2.05) is 26.0 Å². The Morgan fingerprint density at radius 3 is 2.79 bits per heavy atom. The molecule has 2 nitrogen and oxygen atoms in total. The monoisotopic (exact) mass is 278 g/mol. The normalized spacial score (nSPS) is 12.2. The van der Waals surface area contributed by atoms with Crippen LogP contribution in [0.4, 0.5) is 10.1 Å². The zero-order chi connectivity index (χ0) is 13.8. The summed E-state index contributed by atoms with van der Waals surface area (Å²) >= 11 is 6.06. The molecule has 1 aromatic heterocycles. The molecule has 0 aliphatic rings. The smallest absolute Gasteiger partial charge is 0.152 e. The number of anilines is 1. The van der Waals surface area contributed by atoms with Crippen molar-refractivity contribution in [3.05, 3.63) is 58.6 Å². The summed E-state index contributed by atoms with van der Waals surface area (Å²) in [6, 6.07) is 8.57. The number of aromatic nitrogens is 1. The number of benzene rings is 1. The number of aryl methyl sites for hydroxylation is 1. The third kappa shape index (κ3) is 3.24. The quantitative estimate of drug-likeness (QED) is 0.817. The molecule has 1 unspecified atom stereocenters. The minimum atomic E-state index is -0.210. The molecule has 2 aromatic rings. The predicted molar refractivity (Wildman–Crippen MR) is 77.0 cm³/mol. The Morgan fingerprint density at radius 2 is 2.11 bits per heavy atom. The minimum Gasteiger partial charge on any atom is -0.376 e. The summed E-state index contributed by atoms with van der Waals surface area (Å²) in [5.41, 5.74) is 2.38. The first kappa shape index (κ1) is 13.8. The van der Waals surface area contributed by atoms with E-state index in [-0.39, 0.29) is 11.9 Å². The summed E-state index contributed by atoms with van der Waals surface area (Å²) in [5, 5.41) is 3.66. The Labute approximate surface area is 117 Å². The summed E-state index contributed by atoms with van der Waals surface area (Å²) in [7, 11) is 0. The van der Waals surface area contributed by atoms with E-state index >= 15 is 0 Å². The third-order valence-electron chi connectivity index (χ3n) is 2.99. The van der Waals surface area contributed by atoms with Crippen LogP contribution in [0.15, 0.2) is 36.5 Å². The van der Waals surface area contributed by atoms with Gasteiger partial charge in [-0.1, -0.05) is 36.7 Å². The number of halogens is 2. The van der Waals surface area contributed by atoms with Crippen molar-refractivity contribution in [2.45, 2.75) is 26.3 Å². The Morgan fingerprint density at radius 1 is 1.37 bits per heavy atom. The van der Waals surface area contributed by atoms with Gasteiger partial charge >= 0.3 is 0 Å². The lowest BCUT2D eigenvalue weighted by Gasteiger charge is -2.20. The van der Waals surface area contributed by atoms with E-state index in [1.54, 1.807) is 18.3 Å². The molecule has 19 heavy (non-hydrogen) atoms. The molecule has 0 spiro atoms. The minimum absolute atomic E-state index is 0.123. The number of rotatable bonds is 4. The first-order chi connectivity index (χ1) is 9.11. The number of pyridine rings is 1. The summed E-state index contributed by atoms with van der Waals surface area (Å²) in [6.07, 6.45) is 2.46. The fourth-order valence-electron chi connectivity index (χ4n) is 2.00. The Bertz CT molecular complexity index is 572. The summed E-state index contributed by atoms with van der Waals surface area (Å²) in [4.78, 5) is 4.09. The second-order valence-corrected chi connectivity index (χ2v) is 4.84. The Balaban J connectivity index is 2.29. The van der Waals surface area contributed by atoms with Crippen molar-refractivity contribution in [1.82, 2.24) is 4.98 Å². The zero-order valence-corrected chi connectivity index (χ0v) is 11.7. The van der Waals surface area contributed by atoms with Crippen LogP contribution >= 0.6 is 11.6 Å². The third-order valence-corrected chi connectivity index (χ3v) is 3.30. The molecule has 0 aliphatic heterocycles. The van der Waals surface area contributed by atoms with E-state index in [0.717, 1.165) is 17.7 Å². The maximum Gasteiger partial charge on any atom is 0.152 e. The highest BCUT2D eigenvalue weighted by Gasteiger charge is 2.15. The van der Waals surface area contributed by atoms with Crippen molar-refractivity contribution in [2.24, 2.45) is 0 Å². The molecule has 100 valence electrons. The molecule has 0 bridgehead atoms. The van der Waals surface area contributed by atoms with Crippen molar-refractivity contribution in [2.75, 3.05) is 5.32 Å². The maximum atomic E-state index is 13.8. The molecular weight excluding hydrogens is 263 g/mol. The van der Waals surface area contributed by atoms with Gasteiger partial charge in [0.2, 0.25) is 0 Å². The van der Waals surface area contributed by atoms with Gasteiger partial charge in [-0.05, 0) is 31.0 Å². The van der Waals surface area contributed by atoms with Gasteiger partial charge in [0.05, 0.1) is 11.7 Å². The number of hydrogen-bond acceptors (Lipinski definition) is 2. The summed E-state index contributed by atoms with van der Waals surface area (Å²) in [5.74, 6) is -0.210. The van der Waals surface area contributed by atoms with Crippen LogP contribution in [0.2, 0.25) is 5.15 Å². The van der Waals surface area contributed by atoms with Crippen LogP contribution in [0.5, 0.6) is 0 Å². The van der Waals surface area contributed by atoms with Crippen molar-refractivity contribution >= 4 is 17.3 Å². The van der Waals surface area contributed by atoms with E-state index in [2.05, 4.69) is 10.3 Å². The molecule has 0 radical (unpaired) electrons. The van der Waals surface area contributed by atoms with Crippen LogP contribution in [0.3, 0.4) is 0 Å². The SMILES string of the molecule is CCC(Nc1cc(C)cnc1Cl)c1ccccc1F. The van der Waals surface area contributed by atoms with Gasteiger partial charge in [0.15, 0.2) is 5.15 Å². The second-order valence-electron chi connectivity index (χ2n) is 4.48. The molecule has 1 aromatic carbocycles. The first-order valence-electron chi connectivity index (χ1n) is 6.25. The lowest BCUT2D eigenvalue weighted by Crippen LogP contribution is -2.12. The van der Waals surface area contributed by atoms with Gasteiger partial charge in [0.25, 0.3) is 0 Å². The Hall–Kier alpha value is -1.61. The second kappa shape index (κ2) is 6.02. The fourth-order valence-corrected chi connectivity index (χ4v) is 2.16. The van der Waals surface area contributed by atoms with Crippen LogP contribution in [0.1, 0.15) is 30.5 Å². The fraction of sp³-hybridized carbons (Fsp3) is 0.267. The molecule has 4 heteroatoms. The molecule has 0 fully saturated rings. The van der Waals surface area contributed by atoms with Gasteiger partial charge in [-0.3, -0.25) is 0 Å². The lowest BCUT2D eigenvalue weighted by atomic mass is 10.0. The molecule has 1 heterocycles. The first-order valence-corrected chi connectivity index (χ1v) is 6.62. The van der Waals surface area contributed by atoms with E-state index < -0.39 is 0 Å². The van der Waals surface area contributed by atoms with Crippen molar-refractivity contribution in [1.29, 1.82) is 0 Å². The van der Waals surface area contributed by atoms with Crippen molar-refractivity contribution < 1.29 is 4.39 Å². The van der Waals surface area contributed by atoms with Gasteiger partial charge in [0.1, 0.15) is 5.82 Å². The van der Waals surface area contributed by atoms with Crippen LogP contribution in [-0.4, -0.2) is 4.98 Å². The molecular formula is C15H16ClFN2. The van der Waals surface area contributed by atoms with Crippen LogP contribution in [0, 0.1) is 12.7 Å². The molecule has 0 saturated heterocycles. The van der Waals surface area contributed by atoms with Crippen molar-refractivity contribution in [3.8, 4) is 0 Å². The van der Waals surface area contributed by atoms with Gasteiger partial charge < -0.3 is 5.32 Å². The van der Waals surface area contributed by atoms with Crippen LogP contribution in [0.25, 0.3) is 0 Å². The molecule has 0 saturated carbocycles. The molecule has 2 rings (SSSR count). The van der Waals surface area contributed by atoms with E-state index in [0.29, 0.717) is 10.7 Å². The maximum absolute atomic E-state index is 13.8. The van der Waals surface area contributed by atoms with Crippen LogP contribution < -0.4 is 5.32 Å². The number of nitrogens with zero attached hydrogens (tertiary/aromatic N) is 1. The van der Waals surface area contributed by atoms with Gasteiger partial charge in [-0.15, -0.1) is 0 Å². The topological polar surface area (TPSA) is 24.9 Å². The average Bonchev–Trinajstić information content (AvgIpc) is 2.41. The van der Waals surface area contributed by atoms with Crippen molar-refractivity contribution in [3.63, 3.8) is 0 Å². The van der Waals surface area contributed by atoms with Gasteiger partial charge in [0, 0.05) is 11.8 Å². The highest BCUT2D eigenvalue weighted by Crippen LogP contribution is 2.28. The Kier molecular flexibility index (Phi) is 4.38. The molecule has 0 amide bonds.